The first kappa shape index (κ1) is 19.3. The van der Waals surface area contributed by atoms with Crippen molar-refractivity contribution in [2.75, 3.05) is 6.54 Å². The fraction of sp³-hybridized carbons (Fsp3) is 0.300. The third kappa shape index (κ3) is 7.85. The second kappa shape index (κ2) is 11.7. The Labute approximate surface area is 143 Å². The van der Waals surface area contributed by atoms with Crippen molar-refractivity contribution in [3.8, 4) is 0 Å². The minimum absolute atomic E-state index is 0.713. The van der Waals surface area contributed by atoms with Gasteiger partial charge in [-0.1, -0.05) is 50.3 Å². The lowest BCUT2D eigenvalue weighted by Gasteiger charge is -2.06. The molecule has 0 saturated carbocycles. The Kier molecular flexibility index (Phi) is 9.83. The molecule has 0 amide bonds. The molecule has 1 atom stereocenters. The number of hydrogen-bond donors (Lipinski definition) is 0. The summed E-state index contributed by atoms with van der Waals surface area (Å²) in [6.45, 7) is 8.55. The van der Waals surface area contributed by atoms with Gasteiger partial charge >= 0.3 is 0 Å². The first-order chi connectivity index (χ1) is 11.3. The molecule has 1 aromatic rings. The second-order valence-corrected chi connectivity index (χ2v) is 5.62. The van der Waals surface area contributed by atoms with Crippen LogP contribution < -0.4 is 5.30 Å². The summed E-state index contributed by atoms with van der Waals surface area (Å²) in [6, 6.07) is 8.53. The number of aliphatic imine (C=N–C) groups is 2. The van der Waals surface area contributed by atoms with Gasteiger partial charge in [0.15, 0.2) is 0 Å². The van der Waals surface area contributed by atoms with Crippen molar-refractivity contribution >= 4 is 26.5 Å². The Balaban J connectivity index is 0.00000127. The highest BCUT2D eigenvalue weighted by Gasteiger charge is 2.01. The van der Waals surface area contributed by atoms with Crippen LogP contribution in [0.4, 0.5) is 0 Å². The predicted octanol–water partition coefficient (Wildman–Crippen LogP) is 4.69. The van der Waals surface area contributed by atoms with E-state index in [1.807, 2.05) is 38.4 Å². The predicted molar refractivity (Wildman–Crippen MR) is 108 cm³/mol. The smallest absolute Gasteiger partial charge is 0.0636 e. The Morgan fingerprint density at radius 2 is 2.04 bits per heavy atom. The van der Waals surface area contributed by atoms with Crippen molar-refractivity contribution in [2.24, 2.45) is 9.98 Å². The summed E-state index contributed by atoms with van der Waals surface area (Å²) in [5.41, 5.74) is 3.67. The minimum atomic E-state index is 0.713. The summed E-state index contributed by atoms with van der Waals surface area (Å²) < 4.78 is 0. The van der Waals surface area contributed by atoms with E-state index in [1.54, 1.807) is 0 Å². The molecule has 1 aliphatic rings. The SMILES string of the molecule is C=CCC(Cc1ccc(P)cc1)=NCC1=CCC=NC=C1.CC. The molecule has 2 rings (SSSR count). The highest BCUT2D eigenvalue weighted by atomic mass is 31.0. The van der Waals surface area contributed by atoms with E-state index in [0.717, 1.165) is 19.3 Å². The van der Waals surface area contributed by atoms with Gasteiger partial charge in [-0.3, -0.25) is 9.98 Å². The molecule has 0 spiro atoms. The van der Waals surface area contributed by atoms with E-state index in [2.05, 4.69) is 51.2 Å². The van der Waals surface area contributed by atoms with E-state index < -0.39 is 0 Å². The summed E-state index contributed by atoms with van der Waals surface area (Å²) in [6.07, 6.45) is 12.4. The van der Waals surface area contributed by atoms with Gasteiger partial charge in [0.25, 0.3) is 0 Å². The second-order valence-electron chi connectivity index (χ2n) is 4.96. The van der Waals surface area contributed by atoms with E-state index in [0.29, 0.717) is 6.54 Å². The zero-order valence-corrected chi connectivity index (χ0v) is 15.4. The monoisotopic (exact) mass is 326 g/mol. The van der Waals surface area contributed by atoms with E-state index >= 15 is 0 Å². The number of nitrogens with zero attached hydrogens (tertiary/aromatic N) is 2. The fourth-order valence-corrected chi connectivity index (χ4v) is 2.28. The molecule has 0 saturated heterocycles. The van der Waals surface area contributed by atoms with Crippen molar-refractivity contribution in [3.05, 3.63) is 66.4 Å². The third-order valence-corrected chi connectivity index (χ3v) is 3.60. The van der Waals surface area contributed by atoms with Crippen LogP contribution in [0.2, 0.25) is 0 Å². The van der Waals surface area contributed by atoms with Crippen LogP contribution in [0.15, 0.2) is 70.8 Å². The summed E-state index contributed by atoms with van der Waals surface area (Å²) >= 11 is 0. The van der Waals surface area contributed by atoms with Gasteiger partial charge in [-0.25, -0.2) is 0 Å². The fourth-order valence-electron chi connectivity index (χ4n) is 2.08. The zero-order chi connectivity index (χ0) is 16.9. The molecule has 0 aliphatic carbocycles. The number of hydrogen-bond acceptors (Lipinski definition) is 2. The van der Waals surface area contributed by atoms with Crippen LogP contribution in [-0.2, 0) is 6.42 Å². The maximum absolute atomic E-state index is 4.76. The molecule has 0 N–H and O–H groups in total. The Morgan fingerprint density at radius 1 is 1.30 bits per heavy atom. The van der Waals surface area contributed by atoms with Gasteiger partial charge in [-0.2, -0.15) is 0 Å². The molecule has 2 nitrogen and oxygen atoms in total. The van der Waals surface area contributed by atoms with E-state index in [-0.39, 0.29) is 0 Å². The van der Waals surface area contributed by atoms with Crippen molar-refractivity contribution in [1.29, 1.82) is 0 Å². The minimum Gasteiger partial charge on any atom is -0.289 e. The normalized spacial score (nSPS) is 13.7. The van der Waals surface area contributed by atoms with Crippen molar-refractivity contribution < 1.29 is 0 Å². The molecule has 1 aromatic carbocycles. The first-order valence-electron chi connectivity index (χ1n) is 8.12. The lowest BCUT2D eigenvalue weighted by Crippen LogP contribution is -2.05. The Morgan fingerprint density at radius 3 is 2.74 bits per heavy atom. The number of benzene rings is 1. The molecule has 1 unspecified atom stereocenters. The molecule has 1 aliphatic heterocycles. The zero-order valence-electron chi connectivity index (χ0n) is 14.2. The van der Waals surface area contributed by atoms with Crippen LogP contribution in [0.3, 0.4) is 0 Å². The molecule has 0 fully saturated rings. The van der Waals surface area contributed by atoms with Gasteiger partial charge in [0.2, 0.25) is 0 Å². The third-order valence-electron chi connectivity index (χ3n) is 3.22. The first-order valence-corrected chi connectivity index (χ1v) is 8.70. The molecule has 122 valence electrons. The van der Waals surface area contributed by atoms with Gasteiger partial charge in [0, 0.05) is 37.4 Å². The van der Waals surface area contributed by atoms with E-state index in [4.69, 9.17) is 4.99 Å². The largest absolute Gasteiger partial charge is 0.289 e. The molecule has 0 aromatic heterocycles. The Hall–Kier alpha value is -1.79. The van der Waals surface area contributed by atoms with Gasteiger partial charge in [-0.05, 0) is 22.5 Å². The van der Waals surface area contributed by atoms with Crippen LogP contribution in [0.25, 0.3) is 0 Å². The maximum Gasteiger partial charge on any atom is 0.0636 e. The molecule has 0 radical (unpaired) electrons. The van der Waals surface area contributed by atoms with Gasteiger partial charge in [0.1, 0.15) is 0 Å². The van der Waals surface area contributed by atoms with Crippen LogP contribution in [0.5, 0.6) is 0 Å². The van der Waals surface area contributed by atoms with Crippen molar-refractivity contribution in [2.45, 2.75) is 33.1 Å². The quantitative estimate of drug-likeness (QED) is 0.412. The summed E-state index contributed by atoms with van der Waals surface area (Å²) in [5, 5.41) is 1.20. The lowest BCUT2D eigenvalue weighted by molar-refractivity contribution is 1.12. The average molecular weight is 326 g/mol. The van der Waals surface area contributed by atoms with E-state index in [9.17, 15) is 0 Å². The highest BCUT2D eigenvalue weighted by Crippen LogP contribution is 2.08. The molecule has 23 heavy (non-hydrogen) atoms. The topological polar surface area (TPSA) is 24.7 Å². The van der Waals surface area contributed by atoms with Crippen molar-refractivity contribution in [3.63, 3.8) is 0 Å². The summed E-state index contributed by atoms with van der Waals surface area (Å²) in [4.78, 5) is 8.90. The number of allylic oxidation sites excluding steroid dienone is 2. The molecular weight excluding hydrogens is 299 g/mol. The maximum atomic E-state index is 4.76. The highest BCUT2D eigenvalue weighted by molar-refractivity contribution is 7.27. The Bertz CT molecular complexity index is 593. The summed E-state index contributed by atoms with van der Waals surface area (Å²) in [7, 11) is 2.71. The molecule has 3 heteroatoms. The molecule has 1 heterocycles. The van der Waals surface area contributed by atoms with Crippen LogP contribution in [0.1, 0.15) is 32.3 Å². The van der Waals surface area contributed by atoms with Gasteiger partial charge < -0.3 is 0 Å². The van der Waals surface area contributed by atoms with Gasteiger partial charge in [-0.15, -0.1) is 15.8 Å². The van der Waals surface area contributed by atoms with E-state index in [1.165, 1.54) is 22.2 Å². The molecular formula is C20H27N2P. The standard InChI is InChI=1S/C18H21N2P.C2H6/c1-2-4-17(13-15-6-8-18(21)9-7-15)20-14-16-5-3-11-19-12-10-16;1-2/h2,5-12H,1,3-4,13-14,21H2;1-2H3. The number of rotatable bonds is 6. The van der Waals surface area contributed by atoms with Crippen molar-refractivity contribution in [1.82, 2.24) is 0 Å². The van der Waals surface area contributed by atoms with Gasteiger partial charge in [0.05, 0.1) is 6.54 Å². The van der Waals surface area contributed by atoms with Crippen LogP contribution in [0, 0.1) is 0 Å². The van der Waals surface area contributed by atoms with Crippen LogP contribution in [-0.4, -0.2) is 18.5 Å². The molecule has 0 bridgehead atoms. The van der Waals surface area contributed by atoms with Crippen LogP contribution >= 0.6 is 9.24 Å². The summed E-state index contributed by atoms with van der Waals surface area (Å²) in [5.74, 6) is 0. The average Bonchev–Trinajstić information content (AvgIpc) is 2.85. The lowest BCUT2D eigenvalue weighted by atomic mass is 10.1.